The zero-order chi connectivity index (χ0) is 10.8. The van der Waals surface area contributed by atoms with Crippen molar-refractivity contribution in [2.45, 2.75) is 31.6 Å². The van der Waals surface area contributed by atoms with Gasteiger partial charge in [-0.1, -0.05) is 0 Å². The number of alkyl halides is 2. The molecule has 3 amide bonds. The molecule has 0 radical (unpaired) electrons. The number of carbonyl (C=O) groups is 2. The van der Waals surface area contributed by atoms with E-state index < -0.39 is 23.8 Å². The van der Waals surface area contributed by atoms with E-state index in [9.17, 15) is 18.4 Å². The summed E-state index contributed by atoms with van der Waals surface area (Å²) < 4.78 is 25.4. The third-order valence-corrected chi connectivity index (χ3v) is 2.33. The van der Waals surface area contributed by atoms with Gasteiger partial charge in [0.15, 0.2) is 0 Å². The molecule has 80 valence electrons. The molecule has 0 aromatic carbocycles. The first-order valence-corrected chi connectivity index (χ1v) is 4.39. The largest absolute Gasteiger partial charge is 0.351 e. The van der Waals surface area contributed by atoms with Crippen molar-refractivity contribution >= 4 is 11.9 Å². The minimum atomic E-state index is -2.66. The molecular weight excluding hydrogens is 194 g/mol. The Hall–Kier alpha value is -1.20. The molecule has 0 bridgehead atoms. The highest BCUT2D eigenvalue weighted by Crippen LogP contribution is 2.35. The third-order valence-electron chi connectivity index (χ3n) is 2.33. The number of carbonyl (C=O) groups excluding carboxylic acids is 2. The summed E-state index contributed by atoms with van der Waals surface area (Å²) in [4.78, 5) is 21.5. The topological polar surface area (TPSA) is 72.2 Å². The van der Waals surface area contributed by atoms with Crippen LogP contribution in [-0.2, 0) is 4.79 Å². The van der Waals surface area contributed by atoms with Gasteiger partial charge in [0.1, 0.15) is 0 Å². The van der Waals surface area contributed by atoms with Gasteiger partial charge in [0, 0.05) is 18.8 Å². The van der Waals surface area contributed by atoms with Crippen LogP contribution >= 0.6 is 0 Å². The number of urea groups is 1. The molecule has 0 aromatic rings. The molecule has 1 saturated carbocycles. The molecule has 0 spiro atoms. The van der Waals surface area contributed by atoms with Gasteiger partial charge in [-0.3, -0.25) is 10.1 Å². The van der Waals surface area contributed by atoms with E-state index >= 15 is 0 Å². The van der Waals surface area contributed by atoms with Crippen LogP contribution in [0.2, 0.25) is 0 Å². The lowest BCUT2D eigenvalue weighted by molar-refractivity contribution is -0.127. The molecule has 1 aliphatic rings. The van der Waals surface area contributed by atoms with Crippen molar-refractivity contribution < 1.29 is 18.4 Å². The Balaban J connectivity index is 2.42. The Kier molecular flexibility index (Phi) is 3.03. The van der Waals surface area contributed by atoms with Gasteiger partial charge < -0.3 is 5.73 Å². The average Bonchev–Trinajstić information content (AvgIpc) is 2.02. The molecule has 0 saturated heterocycles. The minimum absolute atomic E-state index is 0.103. The van der Waals surface area contributed by atoms with E-state index in [0.29, 0.717) is 0 Å². The molecule has 3 N–H and O–H groups in total. The highest BCUT2D eigenvalue weighted by Gasteiger charge is 2.37. The lowest BCUT2D eigenvalue weighted by atomic mass is 9.86. The number of primary amides is 1. The maximum Gasteiger partial charge on any atom is 0.318 e. The molecule has 14 heavy (non-hydrogen) atoms. The molecule has 0 aliphatic heterocycles. The van der Waals surface area contributed by atoms with E-state index in [-0.39, 0.29) is 25.7 Å². The van der Waals surface area contributed by atoms with Crippen molar-refractivity contribution in [3.8, 4) is 0 Å². The molecule has 1 rings (SSSR count). The Morgan fingerprint density at radius 1 is 1.29 bits per heavy atom. The molecule has 0 unspecified atom stereocenters. The highest BCUT2D eigenvalue weighted by molar-refractivity contribution is 5.94. The van der Waals surface area contributed by atoms with Gasteiger partial charge in [-0.25, -0.2) is 13.6 Å². The van der Waals surface area contributed by atoms with Gasteiger partial charge >= 0.3 is 6.03 Å². The number of rotatable bonds is 1. The number of hydrogen-bond donors (Lipinski definition) is 2. The van der Waals surface area contributed by atoms with Crippen LogP contribution < -0.4 is 11.1 Å². The Labute approximate surface area is 79.8 Å². The zero-order valence-electron chi connectivity index (χ0n) is 7.56. The normalized spacial score (nSPS) is 21.6. The number of nitrogens with one attached hydrogen (secondary N) is 1. The van der Waals surface area contributed by atoms with E-state index in [2.05, 4.69) is 0 Å². The standard InChI is InChI=1S/C8H12F2N2O2/c9-8(10)3-1-5(2-4-8)6(13)12-7(11)14/h5H,1-4H2,(H3,11,12,13,14). The van der Waals surface area contributed by atoms with Crippen molar-refractivity contribution in [3.05, 3.63) is 0 Å². The molecule has 1 aliphatic carbocycles. The number of halogens is 2. The number of hydrogen-bond acceptors (Lipinski definition) is 2. The predicted octanol–water partition coefficient (Wildman–Crippen LogP) is 1.01. The second kappa shape index (κ2) is 3.89. The van der Waals surface area contributed by atoms with Crippen molar-refractivity contribution in [2.24, 2.45) is 11.7 Å². The first-order valence-electron chi connectivity index (χ1n) is 4.39. The van der Waals surface area contributed by atoms with Crippen LogP contribution in [-0.4, -0.2) is 17.9 Å². The summed E-state index contributed by atoms with van der Waals surface area (Å²) in [5, 5.41) is 1.89. The van der Waals surface area contributed by atoms with E-state index in [0.717, 1.165) is 0 Å². The minimum Gasteiger partial charge on any atom is -0.351 e. The van der Waals surface area contributed by atoms with Gasteiger partial charge in [0.2, 0.25) is 11.8 Å². The van der Waals surface area contributed by atoms with Crippen LogP contribution in [0, 0.1) is 5.92 Å². The highest BCUT2D eigenvalue weighted by atomic mass is 19.3. The SMILES string of the molecule is NC(=O)NC(=O)C1CCC(F)(F)CC1. The third kappa shape index (κ3) is 2.93. The summed E-state index contributed by atoms with van der Waals surface area (Å²) in [5.74, 6) is -3.72. The molecule has 0 heterocycles. The van der Waals surface area contributed by atoms with E-state index in [1.165, 1.54) is 0 Å². The molecule has 0 atom stereocenters. The van der Waals surface area contributed by atoms with Gasteiger partial charge in [0.05, 0.1) is 0 Å². The quantitative estimate of drug-likeness (QED) is 0.672. The van der Waals surface area contributed by atoms with Crippen LogP contribution in [0.1, 0.15) is 25.7 Å². The van der Waals surface area contributed by atoms with Crippen molar-refractivity contribution in [3.63, 3.8) is 0 Å². The van der Waals surface area contributed by atoms with Crippen molar-refractivity contribution in [1.82, 2.24) is 5.32 Å². The molecule has 0 aromatic heterocycles. The summed E-state index contributed by atoms with van der Waals surface area (Å²) in [6.45, 7) is 0. The first kappa shape index (κ1) is 10.9. The van der Waals surface area contributed by atoms with Gasteiger partial charge in [0.25, 0.3) is 0 Å². The molecule has 6 heteroatoms. The summed E-state index contributed by atoms with van der Waals surface area (Å²) in [5.41, 5.74) is 4.73. The lowest BCUT2D eigenvalue weighted by Crippen LogP contribution is -2.41. The second-order valence-electron chi connectivity index (χ2n) is 3.48. The fourth-order valence-corrected chi connectivity index (χ4v) is 1.53. The monoisotopic (exact) mass is 206 g/mol. The smallest absolute Gasteiger partial charge is 0.318 e. The van der Waals surface area contributed by atoms with E-state index in [4.69, 9.17) is 5.73 Å². The van der Waals surface area contributed by atoms with Crippen LogP contribution in [0.3, 0.4) is 0 Å². The Morgan fingerprint density at radius 3 is 2.21 bits per heavy atom. The fourth-order valence-electron chi connectivity index (χ4n) is 1.53. The Bertz CT molecular complexity index is 246. The second-order valence-corrected chi connectivity index (χ2v) is 3.48. The number of amides is 3. The number of imide groups is 1. The summed E-state index contributed by atoms with van der Waals surface area (Å²) in [6.07, 6.45) is -0.397. The van der Waals surface area contributed by atoms with Crippen molar-refractivity contribution in [1.29, 1.82) is 0 Å². The summed E-state index contributed by atoms with van der Waals surface area (Å²) >= 11 is 0. The fraction of sp³-hybridized carbons (Fsp3) is 0.750. The van der Waals surface area contributed by atoms with Gasteiger partial charge in [-0.2, -0.15) is 0 Å². The van der Waals surface area contributed by atoms with Crippen LogP contribution in [0.5, 0.6) is 0 Å². The number of nitrogens with two attached hydrogens (primary N) is 1. The predicted molar refractivity (Wildman–Crippen MR) is 44.6 cm³/mol. The average molecular weight is 206 g/mol. The first-order chi connectivity index (χ1) is 6.41. The maximum atomic E-state index is 12.7. The summed E-state index contributed by atoms with van der Waals surface area (Å²) in [7, 11) is 0. The van der Waals surface area contributed by atoms with Crippen LogP contribution in [0.25, 0.3) is 0 Å². The van der Waals surface area contributed by atoms with E-state index in [1.54, 1.807) is 0 Å². The molecule has 1 fully saturated rings. The maximum absolute atomic E-state index is 12.7. The molecule has 4 nitrogen and oxygen atoms in total. The summed E-state index contributed by atoms with van der Waals surface area (Å²) in [6, 6.07) is -0.938. The van der Waals surface area contributed by atoms with E-state index in [1.807, 2.05) is 5.32 Å². The van der Waals surface area contributed by atoms with Crippen LogP contribution in [0.4, 0.5) is 13.6 Å². The zero-order valence-corrected chi connectivity index (χ0v) is 7.56. The van der Waals surface area contributed by atoms with Gasteiger partial charge in [-0.15, -0.1) is 0 Å². The lowest BCUT2D eigenvalue weighted by Gasteiger charge is -2.26. The van der Waals surface area contributed by atoms with Crippen LogP contribution in [0.15, 0.2) is 0 Å². The van der Waals surface area contributed by atoms with Gasteiger partial charge in [-0.05, 0) is 12.8 Å². The van der Waals surface area contributed by atoms with Crippen molar-refractivity contribution in [2.75, 3.05) is 0 Å². The molecular formula is C8H12F2N2O2. The Morgan fingerprint density at radius 2 is 1.79 bits per heavy atom.